The zero-order chi connectivity index (χ0) is 30.1. The van der Waals surface area contributed by atoms with Gasteiger partial charge in [0, 0.05) is 5.41 Å². The summed E-state index contributed by atoms with van der Waals surface area (Å²) in [5.41, 5.74) is 13.1. The van der Waals surface area contributed by atoms with Crippen molar-refractivity contribution in [2.24, 2.45) is 0 Å². The van der Waals surface area contributed by atoms with Crippen molar-refractivity contribution in [1.29, 1.82) is 0 Å². The first-order valence-electron chi connectivity index (χ1n) is 15.8. The molecule has 8 aromatic rings. The first kappa shape index (κ1) is 26.0. The van der Waals surface area contributed by atoms with E-state index in [9.17, 15) is 0 Å². The van der Waals surface area contributed by atoms with E-state index in [-0.39, 0.29) is 5.41 Å². The fourth-order valence-corrected chi connectivity index (χ4v) is 7.65. The van der Waals surface area contributed by atoms with Crippen molar-refractivity contribution in [3.63, 3.8) is 0 Å². The van der Waals surface area contributed by atoms with Crippen LogP contribution in [0.25, 0.3) is 76.8 Å². The third kappa shape index (κ3) is 4.06. The van der Waals surface area contributed by atoms with E-state index in [1.807, 2.05) is 0 Å². The van der Waals surface area contributed by atoms with Crippen LogP contribution in [0.5, 0.6) is 0 Å². The van der Waals surface area contributed by atoms with Crippen LogP contribution in [-0.4, -0.2) is 0 Å². The molecule has 0 amide bonds. The predicted molar refractivity (Wildman–Crippen MR) is 193 cm³/mol. The Hall–Kier alpha value is -5.46. The Labute approximate surface area is 264 Å². The molecule has 9 rings (SSSR count). The highest BCUT2D eigenvalue weighted by Gasteiger charge is 2.35. The summed E-state index contributed by atoms with van der Waals surface area (Å²) in [5.74, 6) is 0. The van der Waals surface area contributed by atoms with Gasteiger partial charge in [0.15, 0.2) is 0 Å². The summed E-state index contributed by atoms with van der Waals surface area (Å²) >= 11 is 0. The first-order chi connectivity index (χ1) is 22.0. The summed E-state index contributed by atoms with van der Waals surface area (Å²) in [6.45, 7) is 4.70. The van der Waals surface area contributed by atoms with Crippen molar-refractivity contribution in [1.82, 2.24) is 0 Å². The second kappa shape index (κ2) is 9.78. The molecule has 0 aliphatic heterocycles. The summed E-state index contributed by atoms with van der Waals surface area (Å²) in [5, 5.41) is 7.68. The molecule has 0 heteroatoms. The van der Waals surface area contributed by atoms with Crippen molar-refractivity contribution in [3.05, 3.63) is 169 Å². The second-order valence-corrected chi connectivity index (χ2v) is 13.0. The lowest BCUT2D eigenvalue weighted by Gasteiger charge is -2.22. The molecule has 0 saturated heterocycles. The van der Waals surface area contributed by atoms with Crippen LogP contribution < -0.4 is 0 Å². The van der Waals surface area contributed by atoms with Crippen LogP contribution >= 0.6 is 0 Å². The zero-order valence-corrected chi connectivity index (χ0v) is 25.5. The van der Waals surface area contributed by atoms with E-state index in [2.05, 4.69) is 172 Å². The molecule has 0 nitrogen and oxygen atoms in total. The van der Waals surface area contributed by atoms with Crippen LogP contribution in [0.3, 0.4) is 0 Å². The summed E-state index contributed by atoms with van der Waals surface area (Å²) in [4.78, 5) is 0. The van der Waals surface area contributed by atoms with Gasteiger partial charge in [-0.3, -0.25) is 0 Å². The quantitative estimate of drug-likeness (QED) is 0.185. The summed E-state index contributed by atoms with van der Waals surface area (Å²) in [6.07, 6.45) is 0. The van der Waals surface area contributed by atoms with Crippen LogP contribution in [0.4, 0.5) is 0 Å². The van der Waals surface area contributed by atoms with Gasteiger partial charge in [-0.2, -0.15) is 0 Å². The first-order valence-corrected chi connectivity index (χ1v) is 15.8. The lowest BCUT2D eigenvalue weighted by atomic mass is 9.81. The van der Waals surface area contributed by atoms with Crippen LogP contribution in [0, 0.1) is 0 Å². The monoisotopic (exact) mass is 572 g/mol. The molecule has 0 atom stereocenters. The standard InChI is InChI=1S/C45H32/c1-45(2)43-17-8-7-16-40(43)41-23-22-33(28-44(41)45)32-21-19-29-18-20-31(25-36(29)26-32)30-11-9-12-34(24-30)42-27-35-10-3-4-13-37(35)38-14-5-6-15-39(38)42/h3-28H,1-2H3. The van der Waals surface area contributed by atoms with Crippen molar-refractivity contribution in [2.75, 3.05) is 0 Å². The second-order valence-electron chi connectivity index (χ2n) is 13.0. The molecule has 0 bridgehead atoms. The van der Waals surface area contributed by atoms with E-state index in [0.717, 1.165) is 0 Å². The Balaban J connectivity index is 1.12. The van der Waals surface area contributed by atoms with Gasteiger partial charge in [0.1, 0.15) is 0 Å². The molecular weight excluding hydrogens is 540 g/mol. The van der Waals surface area contributed by atoms with Crippen molar-refractivity contribution in [2.45, 2.75) is 19.3 Å². The van der Waals surface area contributed by atoms with Crippen LogP contribution in [0.2, 0.25) is 0 Å². The number of hydrogen-bond donors (Lipinski definition) is 0. The van der Waals surface area contributed by atoms with Gasteiger partial charge in [0.2, 0.25) is 0 Å². The molecule has 212 valence electrons. The molecule has 0 unspecified atom stereocenters. The molecule has 45 heavy (non-hydrogen) atoms. The van der Waals surface area contributed by atoms with Crippen molar-refractivity contribution >= 4 is 32.3 Å². The largest absolute Gasteiger partial charge is 0.0619 e. The molecule has 1 aliphatic rings. The minimum Gasteiger partial charge on any atom is -0.0619 e. The lowest BCUT2D eigenvalue weighted by molar-refractivity contribution is 0.660. The third-order valence-corrected chi connectivity index (χ3v) is 10.0. The van der Waals surface area contributed by atoms with E-state index in [4.69, 9.17) is 0 Å². The molecule has 8 aromatic carbocycles. The minimum absolute atomic E-state index is 0.00661. The van der Waals surface area contributed by atoms with Crippen LogP contribution in [0.15, 0.2) is 158 Å². The SMILES string of the molecule is CC1(C)c2ccccc2-c2ccc(-c3ccc4ccc(-c5cccc(-c6cc7ccccc7c7ccccc67)c5)cc4c3)cc21. The number of hydrogen-bond acceptors (Lipinski definition) is 0. The molecule has 1 aliphatic carbocycles. The Morgan fingerprint density at radius 2 is 0.911 bits per heavy atom. The molecule has 0 saturated carbocycles. The zero-order valence-electron chi connectivity index (χ0n) is 25.5. The topological polar surface area (TPSA) is 0 Å². The average Bonchev–Trinajstić information content (AvgIpc) is 3.33. The average molecular weight is 573 g/mol. The lowest BCUT2D eigenvalue weighted by Crippen LogP contribution is -2.14. The predicted octanol–water partition coefficient (Wildman–Crippen LogP) is 12.5. The van der Waals surface area contributed by atoms with E-state index in [1.165, 1.54) is 88.0 Å². The smallest absolute Gasteiger partial charge is 0.0159 e. The van der Waals surface area contributed by atoms with E-state index in [0.29, 0.717) is 0 Å². The van der Waals surface area contributed by atoms with Gasteiger partial charge in [0.05, 0.1) is 0 Å². The normalized spacial score (nSPS) is 13.3. The van der Waals surface area contributed by atoms with E-state index in [1.54, 1.807) is 0 Å². The fraction of sp³-hybridized carbons (Fsp3) is 0.0667. The molecule has 0 radical (unpaired) electrons. The maximum atomic E-state index is 2.41. The Morgan fingerprint density at radius 1 is 0.311 bits per heavy atom. The van der Waals surface area contributed by atoms with E-state index < -0.39 is 0 Å². The number of benzene rings is 8. The van der Waals surface area contributed by atoms with Crippen molar-refractivity contribution < 1.29 is 0 Å². The highest BCUT2D eigenvalue weighted by Crippen LogP contribution is 2.49. The molecule has 0 N–H and O–H groups in total. The number of fused-ring (bicyclic) bond motifs is 7. The van der Waals surface area contributed by atoms with Gasteiger partial charge in [0.25, 0.3) is 0 Å². The maximum absolute atomic E-state index is 2.41. The summed E-state index contributed by atoms with van der Waals surface area (Å²) in [6, 6.07) is 58.5. The number of rotatable bonds is 3. The molecule has 0 spiro atoms. The van der Waals surface area contributed by atoms with Crippen LogP contribution in [-0.2, 0) is 5.41 Å². The summed E-state index contributed by atoms with van der Waals surface area (Å²) < 4.78 is 0. The van der Waals surface area contributed by atoms with E-state index >= 15 is 0 Å². The van der Waals surface area contributed by atoms with Crippen LogP contribution in [0.1, 0.15) is 25.0 Å². The third-order valence-electron chi connectivity index (χ3n) is 10.0. The Kier molecular flexibility index (Phi) is 5.64. The molecule has 0 aromatic heterocycles. The fourth-order valence-electron chi connectivity index (χ4n) is 7.65. The van der Waals surface area contributed by atoms with Crippen molar-refractivity contribution in [3.8, 4) is 44.5 Å². The van der Waals surface area contributed by atoms with Gasteiger partial charge in [-0.1, -0.05) is 141 Å². The van der Waals surface area contributed by atoms with Gasteiger partial charge in [-0.15, -0.1) is 0 Å². The Bertz CT molecular complexity index is 2460. The van der Waals surface area contributed by atoms with Gasteiger partial charge in [-0.25, -0.2) is 0 Å². The Morgan fingerprint density at radius 3 is 1.73 bits per heavy atom. The van der Waals surface area contributed by atoms with Gasteiger partial charge in [-0.05, 0) is 118 Å². The minimum atomic E-state index is -0.00661. The molecule has 0 fully saturated rings. The maximum Gasteiger partial charge on any atom is 0.0159 e. The molecule has 0 heterocycles. The van der Waals surface area contributed by atoms with Gasteiger partial charge < -0.3 is 0 Å². The highest BCUT2D eigenvalue weighted by atomic mass is 14.4. The highest BCUT2D eigenvalue weighted by molar-refractivity contribution is 6.13. The van der Waals surface area contributed by atoms with Gasteiger partial charge >= 0.3 is 0 Å². The molecular formula is C45H32. The summed E-state index contributed by atoms with van der Waals surface area (Å²) in [7, 11) is 0.